The Bertz CT molecular complexity index is 540. The summed E-state index contributed by atoms with van der Waals surface area (Å²) in [7, 11) is 1.12. The first-order valence-corrected chi connectivity index (χ1v) is 5.26. The Balaban J connectivity index is 3.50. The highest BCUT2D eigenvalue weighted by atomic mass is 16.6. The average Bonchev–Trinajstić information content (AvgIpc) is 2.36. The molecule has 0 saturated carbocycles. The number of hydrogen-bond donors (Lipinski definition) is 1. The van der Waals surface area contributed by atoms with Gasteiger partial charge in [0.15, 0.2) is 0 Å². The molecule has 8 heteroatoms. The van der Waals surface area contributed by atoms with Gasteiger partial charge < -0.3 is 15.2 Å². The van der Waals surface area contributed by atoms with E-state index in [1.165, 1.54) is 0 Å². The molecule has 0 amide bonds. The van der Waals surface area contributed by atoms with Crippen LogP contribution in [-0.4, -0.2) is 30.6 Å². The summed E-state index contributed by atoms with van der Waals surface area (Å²) in [5, 5.41) is 10.8. The fourth-order valence-corrected chi connectivity index (χ4v) is 1.47. The van der Waals surface area contributed by atoms with Gasteiger partial charge in [-0.2, -0.15) is 0 Å². The number of benzene rings is 1. The van der Waals surface area contributed by atoms with Crippen LogP contribution >= 0.6 is 0 Å². The lowest BCUT2D eigenvalue weighted by atomic mass is 10.0. The van der Waals surface area contributed by atoms with E-state index in [1.807, 2.05) is 0 Å². The van der Waals surface area contributed by atoms with E-state index in [2.05, 4.69) is 4.74 Å². The van der Waals surface area contributed by atoms with Crippen LogP contribution in [0.25, 0.3) is 0 Å². The Morgan fingerprint density at radius 2 is 2.00 bits per heavy atom. The number of carbonyl (C=O) groups excluding carboxylic acids is 2. The molecule has 0 bridgehead atoms. The number of carbonyl (C=O) groups is 2. The topological polar surface area (TPSA) is 122 Å². The highest BCUT2D eigenvalue weighted by molar-refractivity contribution is 6.08. The minimum atomic E-state index is -0.913. The number of nitrogens with two attached hydrogens (primary N) is 1. The summed E-state index contributed by atoms with van der Waals surface area (Å²) in [6.07, 6.45) is 0. The molecule has 0 aliphatic rings. The van der Waals surface area contributed by atoms with Crippen LogP contribution in [0.3, 0.4) is 0 Å². The van der Waals surface area contributed by atoms with Crippen LogP contribution in [0, 0.1) is 10.1 Å². The van der Waals surface area contributed by atoms with Crippen molar-refractivity contribution >= 4 is 23.3 Å². The molecule has 0 spiro atoms. The molecular weight excluding hydrogens is 256 g/mol. The first-order valence-electron chi connectivity index (χ1n) is 5.26. The average molecular weight is 268 g/mol. The van der Waals surface area contributed by atoms with Crippen molar-refractivity contribution in [1.82, 2.24) is 0 Å². The minimum absolute atomic E-state index is 0.0432. The monoisotopic (exact) mass is 268 g/mol. The number of nitro groups is 1. The molecule has 1 aromatic rings. The summed E-state index contributed by atoms with van der Waals surface area (Å²) >= 11 is 0. The van der Waals surface area contributed by atoms with Gasteiger partial charge in [0.1, 0.15) is 11.3 Å². The maximum absolute atomic E-state index is 11.7. The van der Waals surface area contributed by atoms with Gasteiger partial charge in [-0.3, -0.25) is 10.1 Å². The van der Waals surface area contributed by atoms with E-state index in [1.54, 1.807) is 6.92 Å². The van der Waals surface area contributed by atoms with E-state index in [-0.39, 0.29) is 17.7 Å². The molecule has 0 radical (unpaired) electrons. The number of nitrogen functional groups attached to an aromatic ring is 1. The second kappa shape index (κ2) is 5.80. The zero-order chi connectivity index (χ0) is 14.6. The molecule has 0 heterocycles. The SMILES string of the molecule is CCOC(=O)c1c(C(=O)OC)ccc([N+](=O)[O-])c1N. The summed E-state index contributed by atoms with van der Waals surface area (Å²) < 4.78 is 9.22. The largest absolute Gasteiger partial charge is 0.465 e. The van der Waals surface area contributed by atoms with Crippen molar-refractivity contribution < 1.29 is 24.0 Å². The van der Waals surface area contributed by atoms with Crippen molar-refractivity contribution in [1.29, 1.82) is 0 Å². The first-order chi connectivity index (χ1) is 8.93. The van der Waals surface area contributed by atoms with E-state index < -0.39 is 28.2 Å². The van der Waals surface area contributed by atoms with Gasteiger partial charge in [0.25, 0.3) is 5.69 Å². The van der Waals surface area contributed by atoms with Crippen LogP contribution in [0.1, 0.15) is 27.6 Å². The minimum Gasteiger partial charge on any atom is -0.465 e. The van der Waals surface area contributed by atoms with Crippen molar-refractivity contribution in [3.05, 3.63) is 33.4 Å². The van der Waals surface area contributed by atoms with E-state index >= 15 is 0 Å². The molecule has 2 N–H and O–H groups in total. The number of rotatable bonds is 4. The van der Waals surface area contributed by atoms with Gasteiger partial charge in [-0.25, -0.2) is 9.59 Å². The summed E-state index contributed by atoms with van der Waals surface area (Å²) in [5.74, 6) is -1.74. The zero-order valence-corrected chi connectivity index (χ0v) is 10.3. The fourth-order valence-electron chi connectivity index (χ4n) is 1.47. The van der Waals surface area contributed by atoms with Crippen LogP contribution in [0.2, 0.25) is 0 Å². The maximum Gasteiger partial charge on any atom is 0.341 e. The molecular formula is C11H12N2O6. The molecule has 0 aromatic heterocycles. The summed E-state index contributed by atoms with van der Waals surface area (Å²) in [5.41, 5.74) is 4.12. The third-order valence-corrected chi connectivity index (χ3v) is 2.30. The second-order valence-electron chi connectivity index (χ2n) is 3.39. The van der Waals surface area contributed by atoms with E-state index in [4.69, 9.17) is 10.5 Å². The fraction of sp³-hybridized carbons (Fsp3) is 0.273. The molecule has 0 unspecified atom stereocenters. The highest BCUT2D eigenvalue weighted by Gasteiger charge is 2.27. The molecule has 102 valence electrons. The molecule has 0 atom stereocenters. The third kappa shape index (κ3) is 2.79. The lowest BCUT2D eigenvalue weighted by Gasteiger charge is -2.10. The van der Waals surface area contributed by atoms with Crippen molar-refractivity contribution in [2.75, 3.05) is 19.5 Å². The van der Waals surface area contributed by atoms with Crippen molar-refractivity contribution in [2.45, 2.75) is 6.92 Å². The number of nitrogens with zero attached hydrogens (tertiary/aromatic N) is 1. The van der Waals surface area contributed by atoms with Gasteiger partial charge in [0, 0.05) is 6.07 Å². The van der Waals surface area contributed by atoms with Gasteiger partial charge in [0.05, 0.1) is 24.2 Å². The number of nitro benzene ring substituents is 1. The quantitative estimate of drug-likeness (QED) is 0.376. The summed E-state index contributed by atoms with van der Waals surface area (Å²) in [6.45, 7) is 1.60. The number of methoxy groups -OCH3 is 1. The number of anilines is 1. The number of ether oxygens (including phenoxy) is 2. The summed E-state index contributed by atoms with van der Waals surface area (Å²) in [6, 6.07) is 2.14. The van der Waals surface area contributed by atoms with Gasteiger partial charge in [0.2, 0.25) is 0 Å². The van der Waals surface area contributed by atoms with Crippen LogP contribution < -0.4 is 5.73 Å². The standard InChI is InChI=1S/C11H12N2O6/c1-3-19-11(15)8-6(10(14)18-2)4-5-7(9(8)12)13(16)17/h4-5H,3,12H2,1-2H3. The Morgan fingerprint density at radius 1 is 1.37 bits per heavy atom. The summed E-state index contributed by atoms with van der Waals surface area (Å²) in [4.78, 5) is 33.3. The predicted molar refractivity (Wildman–Crippen MR) is 64.8 cm³/mol. The Morgan fingerprint density at radius 3 is 2.47 bits per heavy atom. The maximum atomic E-state index is 11.7. The smallest absolute Gasteiger partial charge is 0.341 e. The normalized spacial score (nSPS) is 9.79. The highest BCUT2D eigenvalue weighted by Crippen LogP contribution is 2.29. The van der Waals surface area contributed by atoms with Gasteiger partial charge in [-0.05, 0) is 13.0 Å². The van der Waals surface area contributed by atoms with Crippen molar-refractivity contribution in [2.24, 2.45) is 0 Å². The lowest BCUT2D eigenvalue weighted by molar-refractivity contribution is -0.383. The Labute approximate surface area is 108 Å². The van der Waals surface area contributed by atoms with E-state index in [9.17, 15) is 19.7 Å². The van der Waals surface area contributed by atoms with Gasteiger partial charge >= 0.3 is 11.9 Å². The van der Waals surface area contributed by atoms with Gasteiger partial charge in [-0.1, -0.05) is 0 Å². The lowest BCUT2D eigenvalue weighted by Crippen LogP contribution is -2.16. The van der Waals surface area contributed by atoms with Crippen LogP contribution in [-0.2, 0) is 9.47 Å². The Hall–Kier alpha value is -2.64. The van der Waals surface area contributed by atoms with Crippen LogP contribution in [0.4, 0.5) is 11.4 Å². The zero-order valence-electron chi connectivity index (χ0n) is 10.3. The molecule has 1 rings (SSSR count). The van der Waals surface area contributed by atoms with Crippen molar-refractivity contribution in [3.8, 4) is 0 Å². The van der Waals surface area contributed by atoms with Gasteiger partial charge in [-0.15, -0.1) is 0 Å². The number of esters is 2. The Kier molecular flexibility index (Phi) is 4.41. The molecule has 8 nitrogen and oxygen atoms in total. The van der Waals surface area contributed by atoms with Crippen LogP contribution in [0.15, 0.2) is 12.1 Å². The van der Waals surface area contributed by atoms with Crippen molar-refractivity contribution in [3.63, 3.8) is 0 Å². The number of hydrogen-bond acceptors (Lipinski definition) is 7. The molecule has 0 aliphatic heterocycles. The second-order valence-corrected chi connectivity index (χ2v) is 3.39. The van der Waals surface area contributed by atoms with E-state index in [0.29, 0.717) is 0 Å². The molecule has 19 heavy (non-hydrogen) atoms. The van der Waals surface area contributed by atoms with Crippen LogP contribution in [0.5, 0.6) is 0 Å². The van der Waals surface area contributed by atoms with E-state index in [0.717, 1.165) is 19.2 Å². The third-order valence-electron chi connectivity index (χ3n) is 2.30. The molecule has 0 aliphatic carbocycles. The predicted octanol–water partition coefficient (Wildman–Crippen LogP) is 1.14. The molecule has 0 saturated heterocycles. The first kappa shape index (κ1) is 14.4. The molecule has 1 aromatic carbocycles. The molecule has 0 fully saturated rings.